The van der Waals surface area contributed by atoms with Gasteiger partial charge in [0.15, 0.2) is 9.76 Å². The summed E-state index contributed by atoms with van der Waals surface area (Å²) in [4.78, 5) is 0. The molecule has 0 saturated carbocycles. The van der Waals surface area contributed by atoms with Crippen LogP contribution in [0.25, 0.3) is 0 Å². The average molecular weight is 259 g/mol. The van der Waals surface area contributed by atoms with Gasteiger partial charge < -0.3 is 4.43 Å². The van der Waals surface area contributed by atoms with Crippen molar-refractivity contribution in [2.75, 3.05) is 0 Å². The van der Waals surface area contributed by atoms with E-state index < -0.39 is 9.76 Å². The molecule has 0 amide bonds. The van der Waals surface area contributed by atoms with Crippen molar-refractivity contribution in [1.82, 2.24) is 0 Å². The molecule has 0 atom stereocenters. The van der Waals surface area contributed by atoms with Crippen LogP contribution in [0, 0.1) is 0 Å². The van der Waals surface area contributed by atoms with E-state index in [4.69, 9.17) is 4.43 Å². The monoisotopic (exact) mass is 258 g/mol. The van der Waals surface area contributed by atoms with E-state index in [2.05, 4.69) is 54.9 Å². The predicted molar refractivity (Wildman–Crippen MR) is 63.2 cm³/mol. The van der Waals surface area contributed by atoms with Gasteiger partial charge in [-0.3, -0.25) is 0 Å². The third-order valence-electron chi connectivity index (χ3n) is 1.56. The molecule has 0 aliphatic rings. The lowest BCUT2D eigenvalue weighted by Crippen LogP contribution is -2.28. The summed E-state index contributed by atoms with van der Waals surface area (Å²) in [6.45, 7) is 6.29. The predicted octanol–water partition coefficient (Wildman–Crippen LogP) is 1.97. The minimum absolute atomic E-state index is 0.00542. The van der Waals surface area contributed by atoms with Crippen LogP contribution in [-0.2, 0) is 4.43 Å². The summed E-state index contributed by atoms with van der Waals surface area (Å²) < 4.78 is 6.92. The lowest BCUT2D eigenvalue weighted by atomic mass is 10.2. The zero-order valence-corrected chi connectivity index (χ0v) is 11.3. The summed E-state index contributed by atoms with van der Waals surface area (Å²) in [5.41, 5.74) is -0.00542. The summed E-state index contributed by atoms with van der Waals surface area (Å²) >= 11 is 3.45. The molecule has 0 fully saturated rings. The van der Waals surface area contributed by atoms with Crippen LogP contribution in [0.5, 0.6) is 0 Å². The van der Waals surface area contributed by atoms with Crippen molar-refractivity contribution in [3.63, 3.8) is 0 Å². The minimum atomic E-state index is -0.567. The molecule has 0 spiro atoms. The fourth-order valence-corrected chi connectivity index (χ4v) is 2.81. The number of hydrogen-bond donors (Lipinski definition) is 0. The van der Waals surface area contributed by atoms with Gasteiger partial charge in [0.2, 0.25) is 0 Å². The normalized spacial score (nSPS) is 12.6. The molecule has 3 heteroatoms. The molecule has 0 unspecified atom stereocenters. The van der Waals surface area contributed by atoms with Crippen LogP contribution in [0.2, 0.25) is 0 Å². The Morgan fingerprint density at radius 1 is 1.31 bits per heavy atom. The van der Waals surface area contributed by atoms with Gasteiger partial charge in [-0.25, -0.2) is 0 Å². The Balaban J connectivity index is 2.55. The Bertz CT molecular complexity index is 280. The van der Waals surface area contributed by atoms with Gasteiger partial charge in [0, 0.05) is 10.1 Å². The molecular formula is C10H15BrOSi. The third-order valence-corrected chi connectivity index (χ3v) is 3.84. The Labute approximate surface area is 90.6 Å². The van der Waals surface area contributed by atoms with Crippen LogP contribution in [-0.4, -0.2) is 15.4 Å². The highest BCUT2D eigenvalue weighted by Crippen LogP contribution is 2.07. The van der Waals surface area contributed by atoms with Crippen LogP contribution in [0.1, 0.15) is 20.8 Å². The van der Waals surface area contributed by atoms with Crippen molar-refractivity contribution >= 4 is 30.9 Å². The van der Waals surface area contributed by atoms with Gasteiger partial charge in [-0.15, -0.1) is 0 Å². The van der Waals surface area contributed by atoms with E-state index in [0.717, 1.165) is 4.47 Å². The molecular weight excluding hydrogens is 244 g/mol. The molecule has 13 heavy (non-hydrogen) atoms. The molecule has 0 heterocycles. The van der Waals surface area contributed by atoms with Gasteiger partial charge in [0.05, 0.1) is 0 Å². The Morgan fingerprint density at radius 2 is 2.00 bits per heavy atom. The van der Waals surface area contributed by atoms with Gasteiger partial charge in [-0.1, -0.05) is 28.1 Å². The van der Waals surface area contributed by atoms with Crippen molar-refractivity contribution < 1.29 is 4.43 Å². The standard InChI is InChI=1S/C10H15BrOSi/c1-10(2,3)12-13-9-6-4-5-8(11)7-9/h4-7H,13H2,1-3H3. The van der Waals surface area contributed by atoms with E-state index in [9.17, 15) is 0 Å². The van der Waals surface area contributed by atoms with Crippen molar-refractivity contribution in [2.24, 2.45) is 0 Å². The van der Waals surface area contributed by atoms with E-state index >= 15 is 0 Å². The molecule has 0 saturated heterocycles. The first-order chi connectivity index (χ1) is 5.97. The first kappa shape index (κ1) is 11.0. The molecule has 1 rings (SSSR count). The van der Waals surface area contributed by atoms with E-state index in [1.54, 1.807) is 0 Å². The zero-order chi connectivity index (χ0) is 9.90. The second-order valence-electron chi connectivity index (χ2n) is 4.03. The number of halogens is 1. The van der Waals surface area contributed by atoms with Crippen molar-refractivity contribution in [2.45, 2.75) is 26.4 Å². The molecule has 0 radical (unpaired) electrons. The minimum Gasteiger partial charge on any atom is -0.414 e. The average Bonchev–Trinajstić information content (AvgIpc) is 2.00. The summed E-state index contributed by atoms with van der Waals surface area (Å²) in [5.74, 6) is 0. The lowest BCUT2D eigenvalue weighted by Gasteiger charge is -2.19. The van der Waals surface area contributed by atoms with Gasteiger partial charge in [0.1, 0.15) is 0 Å². The van der Waals surface area contributed by atoms with Crippen molar-refractivity contribution in [3.05, 3.63) is 28.7 Å². The van der Waals surface area contributed by atoms with E-state index in [0.29, 0.717) is 0 Å². The highest BCUT2D eigenvalue weighted by molar-refractivity contribution is 9.10. The summed E-state index contributed by atoms with van der Waals surface area (Å²) in [7, 11) is -0.567. The van der Waals surface area contributed by atoms with Gasteiger partial charge in [0.25, 0.3) is 0 Å². The Hall–Kier alpha value is -0.123. The zero-order valence-electron chi connectivity index (χ0n) is 8.30. The summed E-state index contributed by atoms with van der Waals surface area (Å²) in [6, 6.07) is 8.36. The maximum absolute atomic E-state index is 5.79. The Kier molecular flexibility index (Phi) is 3.70. The second kappa shape index (κ2) is 4.40. The molecule has 1 aromatic rings. The van der Waals surface area contributed by atoms with E-state index in [1.807, 2.05) is 6.07 Å². The van der Waals surface area contributed by atoms with Crippen LogP contribution >= 0.6 is 15.9 Å². The van der Waals surface area contributed by atoms with Crippen LogP contribution < -0.4 is 5.19 Å². The topological polar surface area (TPSA) is 9.23 Å². The molecule has 1 nitrogen and oxygen atoms in total. The van der Waals surface area contributed by atoms with Crippen molar-refractivity contribution in [1.29, 1.82) is 0 Å². The highest BCUT2D eigenvalue weighted by Gasteiger charge is 2.09. The maximum Gasteiger partial charge on any atom is 0.193 e. The largest absolute Gasteiger partial charge is 0.414 e. The fourth-order valence-electron chi connectivity index (χ4n) is 0.927. The van der Waals surface area contributed by atoms with E-state index in [-0.39, 0.29) is 5.60 Å². The first-order valence-corrected chi connectivity index (χ1v) is 6.43. The van der Waals surface area contributed by atoms with Crippen LogP contribution in [0.3, 0.4) is 0 Å². The van der Waals surface area contributed by atoms with Gasteiger partial charge >= 0.3 is 0 Å². The SMILES string of the molecule is CC(C)(C)O[SiH2]c1cccc(Br)c1. The van der Waals surface area contributed by atoms with Gasteiger partial charge in [-0.05, 0) is 38.1 Å². The van der Waals surface area contributed by atoms with Gasteiger partial charge in [-0.2, -0.15) is 0 Å². The second-order valence-corrected chi connectivity index (χ2v) is 6.34. The maximum atomic E-state index is 5.79. The Morgan fingerprint density at radius 3 is 2.54 bits per heavy atom. The van der Waals surface area contributed by atoms with E-state index in [1.165, 1.54) is 5.19 Å². The molecule has 72 valence electrons. The van der Waals surface area contributed by atoms with Crippen LogP contribution in [0.4, 0.5) is 0 Å². The van der Waals surface area contributed by atoms with Crippen LogP contribution in [0.15, 0.2) is 28.7 Å². The molecule has 0 N–H and O–H groups in total. The fraction of sp³-hybridized carbons (Fsp3) is 0.400. The number of hydrogen-bond acceptors (Lipinski definition) is 1. The smallest absolute Gasteiger partial charge is 0.193 e. The lowest BCUT2D eigenvalue weighted by molar-refractivity contribution is 0.142. The molecule has 0 aliphatic heterocycles. The summed E-state index contributed by atoms with van der Waals surface area (Å²) in [6.07, 6.45) is 0. The highest BCUT2D eigenvalue weighted by atomic mass is 79.9. The number of benzene rings is 1. The number of rotatable bonds is 2. The molecule has 1 aromatic carbocycles. The molecule has 0 aliphatic carbocycles. The third kappa shape index (κ3) is 4.60. The molecule has 0 bridgehead atoms. The van der Waals surface area contributed by atoms with Crippen molar-refractivity contribution in [3.8, 4) is 0 Å². The quantitative estimate of drug-likeness (QED) is 0.738. The molecule has 0 aromatic heterocycles. The summed E-state index contributed by atoms with van der Waals surface area (Å²) in [5, 5.41) is 1.34. The first-order valence-electron chi connectivity index (χ1n) is 4.36.